The summed E-state index contributed by atoms with van der Waals surface area (Å²) in [5.41, 5.74) is 0.914. The minimum Gasteiger partial charge on any atom is -0.479 e. The van der Waals surface area contributed by atoms with Crippen molar-refractivity contribution < 1.29 is 30.8 Å². The number of ether oxygens (including phenoxy) is 1. The van der Waals surface area contributed by atoms with Crippen LogP contribution in [-0.2, 0) is 6.54 Å². The zero-order valence-electron chi connectivity index (χ0n) is 22.1. The minimum atomic E-state index is -3.42. The quantitative estimate of drug-likeness (QED) is 0.394. The van der Waals surface area contributed by atoms with E-state index >= 15 is 4.39 Å². The lowest BCUT2D eigenvalue weighted by Gasteiger charge is -2.36. The van der Waals surface area contributed by atoms with Crippen molar-refractivity contribution in [1.29, 1.82) is 0 Å². The van der Waals surface area contributed by atoms with Gasteiger partial charge in [-0.2, -0.15) is 4.98 Å². The van der Waals surface area contributed by atoms with Crippen LogP contribution in [-0.4, -0.2) is 79.6 Å². The van der Waals surface area contributed by atoms with Gasteiger partial charge >= 0.3 is 0 Å². The summed E-state index contributed by atoms with van der Waals surface area (Å²) < 4.78 is 102. The van der Waals surface area contributed by atoms with Crippen LogP contribution < -0.4 is 10.1 Å². The maximum absolute atomic E-state index is 15.3. The normalized spacial score (nSPS) is 20.3. The number of fused-ring (bicyclic) bond motifs is 2. The van der Waals surface area contributed by atoms with Gasteiger partial charge in [-0.05, 0) is 31.1 Å². The molecule has 0 radical (unpaired) electrons. The lowest BCUT2D eigenvalue weighted by molar-refractivity contribution is -0.0675. The van der Waals surface area contributed by atoms with Crippen LogP contribution in [0.3, 0.4) is 0 Å². The fraction of sp³-hybridized carbons (Fsp3) is 0.455. The molecular weight excluding hydrogens is 487 g/mol. The summed E-state index contributed by atoms with van der Waals surface area (Å²) >= 11 is 0. The number of benzene rings is 1. The third kappa shape index (κ3) is 4.40. The molecule has 36 heavy (non-hydrogen) atoms. The van der Waals surface area contributed by atoms with Gasteiger partial charge in [0.25, 0.3) is 11.8 Å². The van der Waals surface area contributed by atoms with Crippen LogP contribution in [0.25, 0.3) is 27.7 Å². The predicted octanol–water partition coefficient (Wildman–Crippen LogP) is 3.70. The number of halogens is 5. The molecule has 4 aromatic rings. The Morgan fingerprint density at radius 2 is 2.14 bits per heavy atom. The fourth-order valence-corrected chi connectivity index (χ4v) is 4.27. The third-order valence-corrected chi connectivity index (χ3v) is 5.88. The van der Waals surface area contributed by atoms with Crippen LogP contribution in [0.2, 0.25) is 0 Å². The van der Waals surface area contributed by atoms with Gasteiger partial charge in [-0.1, -0.05) is 11.3 Å². The first-order valence-electron chi connectivity index (χ1n) is 12.4. The van der Waals surface area contributed by atoms with Crippen molar-refractivity contribution in [2.45, 2.75) is 37.8 Å². The van der Waals surface area contributed by atoms with Gasteiger partial charge in [0.1, 0.15) is 17.6 Å². The molecule has 0 saturated carbocycles. The molecule has 1 aliphatic rings. The van der Waals surface area contributed by atoms with Crippen molar-refractivity contribution >= 4 is 22.5 Å². The van der Waals surface area contributed by atoms with E-state index < -0.39 is 43.8 Å². The molecule has 0 bridgehead atoms. The number of hydrogen-bond donors (Lipinski definition) is 1. The van der Waals surface area contributed by atoms with Crippen molar-refractivity contribution in [2.75, 3.05) is 32.5 Å². The van der Waals surface area contributed by atoms with Crippen LogP contribution >= 0.6 is 0 Å². The molecule has 0 spiro atoms. The number of aromatic nitrogens is 6. The van der Waals surface area contributed by atoms with Gasteiger partial charge in [0.05, 0.1) is 37.0 Å². The molecule has 5 rings (SSSR count). The molecule has 3 aromatic heterocycles. The lowest BCUT2D eigenvalue weighted by atomic mass is 10.0. The summed E-state index contributed by atoms with van der Waals surface area (Å²) in [5, 5.41) is 14.3. The summed E-state index contributed by atoms with van der Waals surface area (Å²) in [4.78, 5) is 4.87. The molecule has 0 unspecified atom stereocenters. The Balaban J connectivity index is 1.51. The third-order valence-electron chi connectivity index (χ3n) is 5.88. The minimum absolute atomic E-state index is 0.00683. The van der Waals surface area contributed by atoms with Crippen LogP contribution in [0, 0.1) is 5.82 Å². The van der Waals surface area contributed by atoms with E-state index in [4.69, 9.17) is 8.85 Å². The monoisotopic (exact) mass is 513 g/mol. The Labute approximate surface area is 206 Å². The Hall–Kier alpha value is -3.55. The number of hydrogen-bond acceptors (Lipinski definition) is 7. The second-order valence-corrected chi connectivity index (χ2v) is 8.78. The molecule has 4 heterocycles. The standard InChI is InChI=1S/C22H23F5N8O/c1-21(24,25)10-35-15-8-12(4-5-14(15)30-32-35)17-13(23)9-34-18(17)19(36-3)29-20(31-34)28-16-6-7-33(2)11-22(16,26)27/h4-5,8-9,16H,6-7,10-11H2,1-3H3,(H,28,31)/t16-/m1/s1/i2D3. The molecule has 1 atom stereocenters. The summed E-state index contributed by atoms with van der Waals surface area (Å²) in [7, 11) is 1.26. The van der Waals surface area contributed by atoms with Crippen LogP contribution in [0.1, 0.15) is 17.5 Å². The van der Waals surface area contributed by atoms with Crippen LogP contribution in [0.15, 0.2) is 24.4 Å². The van der Waals surface area contributed by atoms with Crippen molar-refractivity contribution in [2.24, 2.45) is 0 Å². The Morgan fingerprint density at radius 1 is 1.33 bits per heavy atom. The van der Waals surface area contributed by atoms with Gasteiger partial charge < -0.3 is 15.0 Å². The number of nitrogens with one attached hydrogen (secondary N) is 1. The number of likely N-dealkylation sites (tertiary alicyclic amines) is 1. The highest BCUT2D eigenvalue weighted by molar-refractivity contribution is 5.89. The Kier molecular flexibility index (Phi) is 4.89. The average molecular weight is 513 g/mol. The first kappa shape index (κ1) is 20.6. The number of nitrogens with zero attached hydrogens (tertiary/aromatic N) is 7. The molecule has 1 fully saturated rings. The van der Waals surface area contributed by atoms with Gasteiger partial charge in [0.15, 0.2) is 5.82 Å². The number of anilines is 1. The van der Waals surface area contributed by atoms with E-state index in [1.807, 2.05) is 0 Å². The zero-order valence-corrected chi connectivity index (χ0v) is 19.1. The van der Waals surface area contributed by atoms with Gasteiger partial charge in [0, 0.05) is 17.6 Å². The van der Waals surface area contributed by atoms with Gasteiger partial charge in [-0.15, -0.1) is 10.2 Å². The van der Waals surface area contributed by atoms with E-state index in [2.05, 4.69) is 25.7 Å². The Bertz CT molecular complexity index is 1530. The first-order chi connectivity index (χ1) is 18.2. The molecule has 1 aliphatic heterocycles. The summed E-state index contributed by atoms with van der Waals surface area (Å²) in [6, 6.07) is 2.99. The van der Waals surface area contributed by atoms with Crippen molar-refractivity contribution in [3.8, 4) is 17.0 Å². The maximum Gasteiger partial charge on any atom is 0.280 e. The second kappa shape index (κ2) is 8.54. The van der Waals surface area contributed by atoms with E-state index in [0.717, 1.165) is 27.2 Å². The molecule has 0 amide bonds. The van der Waals surface area contributed by atoms with Crippen molar-refractivity contribution in [3.63, 3.8) is 0 Å². The topological polar surface area (TPSA) is 85.4 Å². The Morgan fingerprint density at radius 3 is 2.83 bits per heavy atom. The summed E-state index contributed by atoms with van der Waals surface area (Å²) in [6.45, 7) is -3.74. The van der Waals surface area contributed by atoms with Gasteiger partial charge in [0.2, 0.25) is 11.8 Å². The second-order valence-electron chi connectivity index (χ2n) is 8.78. The average Bonchev–Trinajstić information content (AvgIpc) is 3.37. The van der Waals surface area contributed by atoms with E-state index in [0.29, 0.717) is 5.52 Å². The highest BCUT2D eigenvalue weighted by Crippen LogP contribution is 2.36. The zero-order chi connectivity index (χ0) is 28.3. The van der Waals surface area contributed by atoms with Crippen LogP contribution in [0.4, 0.5) is 27.9 Å². The van der Waals surface area contributed by atoms with E-state index in [-0.39, 0.29) is 47.0 Å². The smallest absolute Gasteiger partial charge is 0.280 e. The first-order valence-corrected chi connectivity index (χ1v) is 10.9. The molecular formula is C22H23F5N8O. The van der Waals surface area contributed by atoms with Gasteiger partial charge in [-0.25, -0.2) is 31.1 Å². The highest BCUT2D eigenvalue weighted by atomic mass is 19.3. The number of alkyl halides is 4. The lowest BCUT2D eigenvalue weighted by Crippen LogP contribution is -2.53. The van der Waals surface area contributed by atoms with Crippen LogP contribution in [0.5, 0.6) is 5.88 Å². The van der Waals surface area contributed by atoms with E-state index in [1.165, 1.54) is 25.3 Å². The molecule has 0 aliphatic carbocycles. The van der Waals surface area contributed by atoms with E-state index in [9.17, 15) is 17.6 Å². The predicted molar refractivity (Wildman–Crippen MR) is 121 cm³/mol. The SMILES string of the molecule is [2H]C([2H])([2H])N1CC[C@@H](Nc2nc(OC)c3c(-c4ccc5nnn(CC(C)(F)F)c5c4)c(F)cn3n2)C(F)(F)C1. The molecule has 9 nitrogen and oxygen atoms in total. The molecule has 1 saturated heterocycles. The largest absolute Gasteiger partial charge is 0.479 e. The molecule has 1 aromatic carbocycles. The molecule has 14 heteroatoms. The number of rotatable bonds is 6. The van der Waals surface area contributed by atoms with Gasteiger partial charge in [-0.3, -0.25) is 0 Å². The number of piperidine rings is 1. The van der Waals surface area contributed by atoms with Crippen molar-refractivity contribution in [1.82, 2.24) is 34.5 Å². The van der Waals surface area contributed by atoms with Crippen molar-refractivity contribution in [3.05, 3.63) is 30.2 Å². The number of methoxy groups -OCH3 is 1. The fourth-order valence-electron chi connectivity index (χ4n) is 4.27. The summed E-state index contributed by atoms with van der Waals surface area (Å²) in [6.07, 6.45) is 0.800. The highest BCUT2D eigenvalue weighted by Gasteiger charge is 2.44. The molecule has 1 N–H and O–H groups in total. The molecule has 192 valence electrons. The summed E-state index contributed by atoms with van der Waals surface area (Å²) in [5.74, 6) is -7.66. The maximum atomic E-state index is 15.3. The van der Waals surface area contributed by atoms with E-state index in [1.54, 1.807) is 0 Å².